The molecule has 1 N–H and O–H groups in total. The molecule has 0 saturated carbocycles. The van der Waals surface area contributed by atoms with E-state index in [0.717, 1.165) is 0 Å². The van der Waals surface area contributed by atoms with Gasteiger partial charge in [-0.05, 0) is 6.92 Å². The second-order valence-electron chi connectivity index (χ2n) is 1.11. The van der Waals surface area contributed by atoms with E-state index in [2.05, 4.69) is 0 Å². The topological polar surface area (TPSA) is 60.4 Å². The average Bonchev–Trinajstić information content (AvgIpc) is 1.65. The van der Waals surface area contributed by atoms with E-state index in [1.165, 1.54) is 6.92 Å². The van der Waals surface area contributed by atoms with Crippen molar-refractivity contribution < 1.29 is 15.0 Å². The zero-order valence-corrected chi connectivity index (χ0v) is 3.84. The summed E-state index contributed by atoms with van der Waals surface area (Å²) >= 11 is 0. The molecule has 0 aliphatic carbocycles. The van der Waals surface area contributed by atoms with E-state index in [9.17, 15) is 9.90 Å². The van der Waals surface area contributed by atoms with Gasteiger partial charge in [0.2, 0.25) is 0 Å². The maximum atomic E-state index is 9.66. The van der Waals surface area contributed by atoms with Crippen LogP contribution in [0.25, 0.3) is 0 Å². The molecule has 0 aliphatic rings. The van der Waals surface area contributed by atoms with Crippen molar-refractivity contribution in [3.8, 4) is 0 Å². The van der Waals surface area contributed by atoms with Gasteiger partial charge in [-0.2, -0.15) is 0 Å². The van der Waals surface area contributed by atoms with Gasteiger partial charge in [-0.1, -0.05) is 0 Å². The fourth-order valence-electron chi connectivity index (χ4n) is 0.0504. The molecule has 0 spiro atoms. The quantitative estimate of drug-likeness (QED) is 0.352. The highest BCUT2D eigenvalue weighted by Gasteiger charge is 1.91. The number of carbonyl (C=O) groups is 1. The summed E-state index contributed by atoms with van der Waals surface area (Å²) in [4.78, 5) is 9.66. The summed E-state index contributed by atoms with van der Waals surface area (Å²) in [6, 6.07) is 0. The summed E-state index contributed by atoms with van der Waals surface area (Å²) in [7, 11) is 0. The van der Waals surface area contributed by atoms with Crippen LogP contribution < -0.4 is 5.11 Å². The molecule has 40 valence electrons. The van der Waals surface area contributed by atoms with E-state index in [0.29, 0.717) is 6.26 Å². The van der Waals surface area contributed by atoms with Crippen LogP contribution >= 0.6 is 0 Å². The van der Waals surface area contributed by atoms with Gasteiger partial charge in [0, 0.05) is 5.57 Å². The molecule has 0 bridgehead atoms. The van der Waals surface area contributed by atoms with Crippen LogP contribution in [0.15, 0.2) is 11.8 Å². The molecule has 3 nitrogen and oxygen atoms in total. The van der Waals surface area contributed by atoms with Crippen molar-refractivity contribution in [3.05, 3.63) is 11.8 Å². The number of carboxylic acids is 1. The first kappa shape index (κ1) is 6.01. The van der Waals surface area contributed by atoms with Crippen LogP contribution in [0.3, 0.4) is 0 Å². The smallest absolute Gasteiger partial charge is 0.330 e. The van der Waals surface area contributed by atoms with Crippen LogP contribution in [-0.2, 0) is 4.79 Å². The normalized spacial score (nSPS) is 11.3. The van der Waals surface area contributed by atoms with Crippen molar-refractivity contribution in [2.24, 2.45) is 0 Å². The molecule has 0 amide bonds. The lowest BCUT2D eigenvalue weighted by Gasteiger charge is -1.92. The van der Waals surface area contributed by atoms with Crippen molar-refractivity contribution in [1.82, 2.24) is 0 Å². The molecule has 0 unspecified atom stereocenters. The van der Waals surface area contributed by atoms with E-state index in [1.807, 2.05) is 0 Å². The molecule has 0 heterocycles. The van der Waals surface area contributed by atoms with Crippen molar-refractivity contribution in [2.45, 2.75) is 6.92 Å². The van der Waals surface area contributed by atoms with Crippen LogP contribution in [0.4, 0.5) is 0 Å². The van der Waals surface area contributed by atoms with Crippen molar-refractivity contribution in [2.75, 3.05) is 0 Å². The van der Waals surface area contributed by atoms with E-state index >= 15 is 0 Å². The van der Waals surface area contributed by atoms with Gasteiger partial charge in [0.15, 0.2) is 0 Å². The third-order valence-electron chi connectivity index (χ3n) is 0.514. The van der Waals surface area contributed by atoms with E-state index in [1.54, 1.807) is 0 Å². The first-order chi connectivity index (χ1) is 3.18. The van der Waals surface area contributed by atoms with Crippen LogP contribution in [0.2, 0.25) is 0 Å². The van der Waals surface area contributed by atoms with Crippen molar-refractivity contribution >= 4 is 5.97 Å². The maximum Gasteiger partial charge on any atom is 0.330 e. The molecule has 0 rings (SSSR count). The van der Waals surface area contributed by atoms with Gasteiger partial charge in [-0.15, -0.1) is 6.26 Å². The molecule has 0 aromatic carbocycles. The third kappa shape index (κ3) is 1.81. The molecule has 0 fully saturated rings. The molecule has 3 heteroatoms. The number of hydrogen-bond acceptors (Lipinski definition) is 2. The molecule has 0 aromatic rings. The molecule has 0 aromatic heterocycles. The Labute approximate surface area is 40.9 Å². The Morgan fingerprint density at radius 2 is 2.29 bits per heavy atom. The predicted molar refractivity (Wildman–Crippen MR) is 21.4 cm³/mol. The number of rotatable bonds is 1. The summed E-state index contributed by atoms with van der Waals surface area (Å²) in [5, 5.41) is 17.4. The molecule has 0 atom stereocenters. The van der Waals surface area contributed by atoms with Gasteiger partial charge in [0.25, 0.3) is 0 Å². The highest BCUT2D eigenvalue weighted by molar-refractivity contribution is 5.85. The second-order valence-corrected chi connectivity index (χ2v) is 1.11. The minimum Gasteiger partial charge on any atom is -0.878 e. The van der Waals surface area contributed by atoms with Crippen molar-refractivity contribution in [1.29, 1.82) is 0 Å². The van der Waals surface area contributed by atoms with E-state index in [-0.39, 0.29) is 5.57 Å². The number of carboxylic acid groups (broad SMARTS) is 1. The molecule has 0 radical (unpaired) electrons. The lowest BCUT2D eigenvalue weighted by molar-refractivity contribution is -0.276. The third-order valence-corrected chi connectivity index (χ3v) is 0.514. The predicted octanol–water partition coefficient (Wildman–Crippen LogP) is -0.665. The minimum absolute atomic E-state index is 0.167. The molecule has 0 aliphatic heterocycles. The van der Waals surface area contributed by atoms with Gasteiger partial charge < -0.3 is 10.2 Å². The molecule has 7 heavy (non-hydrogen) atoms. The van der Waals surface area contributed by atoms with E-state index < -0.39 is 5.97 Å². The summed E-state index contributed by atoms with van der Waals surface area (Å²) in [6.45, 7) is 1.25. The van der Waals surface area contributed by atoms with Crippen LogP contribution in [-0.4, -0.2) is 11.1 Å². The first-order valence-corrected chi connectivity index (χ1v) is 1.70. The molecule has 0 saturated heterocycles. The summed E-state index contributed by atoms with van der Waals surface area (Å²) < 4.78 is 0. The van der Waals surface area contributed by atoms with Gasteiger partial charge in [0.1, 0.15) is 0 Å². The highest BCUT2D eigenvalue weighted by atomic mass is 16.4. The summed E-state index contributed by atoms with van der Waals surface area (Å²) in [5.74, 6) is -1.16. The number of aliphatic carboxylic acids is 1. The average molecular weight is 101 g/mol. The summed E-state index contributed by atoms with van der Waals surface area (Å²) in [5.41, 5.74) is -0.167. The van der Waals surface area contributed by atoms with Crippen LogP contribution in [0.5, 0.6) is 0 Å². The zero-order valence-electron chi connectivity index (χ0n) is 3.84. The van der Waals surface area contributed by atoms with Gasteiger partial charge in [0.05, 0.1) is 0 Å². The lowest BCUT2D eigenvalue weighted by atomic mass is 10.4. The van der Waals surface area contributed by atoms with E-state index in [4.69, 9.17) is 5.11 Å². The van der Waals surface area contributed by atoms with Crippen molar-refractivity contribution in [3.63, 3.8) is 0 Å². The first-order valence-electron chi connectivity index (χ1n) is 1.70. The number of hydrogen-bond donors (Lipinski definition) is 1. The monoisotopic (exact) mass is 101 g/mol. The Morgan fingerprint density at radius 3 is 2.29 bits per heavy atom. The Bertz CT molecular complexity index is 104. The Balaban J connectivity index is 3.82. The zero-order chi connectivity index (χ0) is 5.86. The largest absolute Gasteiger partial charge is 0.878 e. The molecular formula is C4H5O3-. The van der Waals surface area contributed by atoms with Gasteiger partial charge in [-0.3, -0.25) is 0 Å². The van der Waals surface area contributed by atoms with Gasteiger partial charge >= 0.3 is 5.97 Å². The minimum atomic E-state index is -1.16. The Hall–Kier alpha value is -0.990. The van der Waals surface area contributed by atoms with Crippen LogP contribution in [0.1, 0.15) is 6.92 Å². The summed E-state index contributed by atoms with van der Waals surface area (Å²) in [6.07, 6.45) is 0.308. The lowest BCUT2D eigenvalue weighted by Crippen LogP contribution is -2.00. The highest BCUT2D eigenvalue weighted by Crippen LogP contribution is 1.84. The van der Waals surface area contributed by atoms with Crippen LogP contribution in [0, 0.1) is 0 Å². The second kappa shape index (κ2) is 2.23. The fraction of sp³-hybridized carbons (Fsp3) is 0.250. The van der Waals surface area contributed by atoms with Gasteiger partial charge in [-0.25, -0.2) is 4.79 Å². The molecular weight excluding hydrogens is 96.0 g/mol. The fourth-order valence-corrected chi connectivity index (χ4v) is 0.0504. The SMILES string of the molecule is C/C(=C\[O-])C(=O)O. The standard InChI is InChI=1S/C4H6O3/c1-3(2-5)4(6)7/h2,5H,1H3,(H,6,7)/p-1/b3-2+. The Morgan fingerprint density at radius 1 is 1.86 bits per heavy atom. The maximum absolute atomic E-state index is 9.66. The Kier molecular flexibility index (Phi) is 1.91.